The Morgan fingerprint density at radius 2 is 1.81 bits per heavy atom. The number of nitriles is 1. The predicted octanol–water partition coefficient (Wildman–Crippen LogP) is 3.37. The molecule has 26 heavy (non-hydrogen) atoms. The lowest BCUT2D eigenvalue weighted by molar-refractivity contribution is -0.142. The van der Waals surface area contributed by atoms with Gasteiger partial charge in [-0.2, -0.15) is 5.26 Å². The minimum atomic E-state index is -0.954. The number of amides is 1. The van der Waals surface area contributed by atoms with Crippen LogP contribution < -0.4 is 5.32 Å². The Kier molecular flexibility index (Phi) is 7.24. The number of carboxylic acids is 1. The lowest BCUT2D eigenvalue weighted by atomic mass is 9.94. The summed E-state index contributed by atoms with van der Waals surface area (Å²) in [6, 6.07) is 17.8. The van der Waals surface area contributed by atoms with Crippen molar-refractivity contribution in [1.29, 1.82) is 5.26 Å². The Labute approximate surface area is 157 Å². The van der Waals surface area contributed by atoms with Gasteiger partial charge >= 0.3 is 5.97 Å². The Morgan fingerprint density at radius 3 is 2.38 bits per heavy atom. The van der Waals surface area contributed by atoms with Crippen molar-refractivity contribution in [2.24, 2.45) is 5.92 Å². The third-order valence-corrected chi connectivity index (χ3v) is 4.95. The van der Waals surface area contributed by atoms with Gasteiger partial charge in [0.1, 0.15) is 0 Å². The third kappa shape index (κ3) is 5.64. The molecule has 0 aliphatic carbocycles. The second-order valence-corrected chi connectivity index (χ2v) is 6.87. The van der Waals surface area contributed by atoms with E-state index in [4.69, 9.17) is 5.26 Å². The van der Waals surface area contributed by atoms with E-state index in [2.05, 4.69) is 11.4 Å². The summed E-state index contributed by atoms with van der Waals surface area (Å²) in [5.74, 6) is -1.01. The van der Waals surface area contributed by atoms with Crippen LogP contribution in [0.4, 0.5) is 0 Å². The molecule has 0 aliphatic rings. The van der Waals surface area contributed by atoms with Gasteiger partial charge in [-0.15, -0.1) is 11.8 Å². The maximum Gasteiger partial charge on any atom is 0.308 e. The molecule has 0 spiro atoms. The summed E-state index contributed by atoms with van der Waals surface area (Å²) in [5.41, 5.74) is 2.40. The molecule has 2 aromatic carbocycles. The molecule has 134 valence electrons. The van der Waals surface area contributed by atoms with Crippen molar-refractivity contribution >= 4 is 23.6 Å². The molecule has 2 atom stereocenters. The highest BCUT2D eigenvalue weighted by Gasteiger charge is 2.26. The van der Waals surface area contributed by atoms with Crippen LogP contribution in [0.25, 0.3) is 0 Å². The summed E-state index contributed by atoms with van der Waals surface area (Å²) >= 11 is 1.44. The molecule has 0 saturated heterocycles. The lowest BCUT2D eigenvalue weighted by Crippen LogP contribution is -2.36. The highest BCUT2D eigenvalue weighted by atomic mass is 32.2. The van der Waals surface area contributed by atoms with E-state index in [-0.39, 0.29) is 11.7 Å². The average molecular weight is 368 g/mol. The van der Waals surface area contributed by atoms with Crippen LogP contribution in [-0.4, -0.2) is 22.7 Å². The number of nitrogens with zero attached hydrogens (tertiary/aromatic N) is 1. The predicted molar refractivity (Wildman–Crippen MR) is 101 cm³/mol. The molecule has 6 heteroatoms. The third-order valence-electron chi connectivity index (χ3n) is 3.95. The summed E-state index contributed by atoms with van der Waals surface area (Å²) in [6.45, 7) is 1.59. The van der Waals surface area contributed by atoms with Crippen LogP contribution in [0.15, 0.2) is 54.6 Å². The molecule has 2 rings (SSSR count). The number of carbonyl (C=O) groups excluding carboxylic acids is 1. The van der Waals surface area contributed by atoms with Gasteiger partial charge in [-0.25, -0.2) is 0 Å². The first-order valence-electron chi connectivity index (χ1n) is 8.15. The monoisotopic (exact) mass is 368 g/mol. The molecule has 0 radical (unpaired) electrons. The number of carboxylic acid groups (broad SMARTS) is 1. The molecule has 0 heterocycles. The summed E-state index contributed by atoms with van der Waals surface area (Å²) in [7, 11) is 0. The molecule has 0 fully saturated rings. The van der Waals surface area contributed by atoms with Crippen LogP contribution >= 0.6 is 11.8 Å². The fourth-order valence-electron chi connectivity index (χ4n) is 2.45. The van der Waals surface area contributed by atoms with Crippen LogP contribution in [-0.2, 0) is 15.3 Å². The molecular weight excluding hydrogens is 348 g/mol. The van der Waals surface area contributed by atoms with E-state index in [0.717, 1.165) is 11.1 Å². The van der Waals surface area contributed by atoms with Crippen molar-refractivity contribution in [2.75, 3.05) is 5.75 Å². The molecule has 0 aromatic heterocycles. The first-order chi connectivity index (χ1) is 12.5. The van der Waals surface area contributed by atoms with E-state index >= 15 is 0 Å². The van der Waals surface area contributed by atoms with E-state index in [0.29, 0.717) is 11.3 Å². The van der Waals surface area contributed by atoms with Gasteiger partial charge in [0.2, 0.25) is 5.91 Å². The molecule has 0 aliphatic heterocycles. The van der Waals surface area contributed by atoms with Gasteiger partial charge in [-0.05, 0) is 30.2 Å². The van der Waals surface area contributed by atoms with Crippen LogP contribution in [0.1, 0.15) is 29.7 Å². The zero-order chi connectivity index (χ0) is 18.9. The SMILES string of the molecule is CC(C(=O)O)C(NC(=O)CSCc1ccc(C#N)cc1)c1ccccc1. The van der Waals surface area contributed by atoms with Crippen LogP contribution in [0.3, 0.4) is 0 Å². The Balaban J connectivity index is 1.92. The minimum Gasteiger partial charge on any atom is -0.481 e. The van der Waals surface area contributed by atoms with E-state index in [1.54, 1.807) is 19.1 Å². The van der Waals surface area contributed by atoms with Gasteiger partial charge in [-0.1, -0.05) is 42.5 Å². The van der Waals surface area contributed by atoms with Crippen molar-refractivity contribution in [3.8, 4) is 6.07 Å². The standard InChI is InChI=1S/C20H20N2O3S/c1-14(20(24)25)19(17-5-3-2-4-6-17)22-18(23)13-26-12-16-9-7-15(11-21)8-10-16/h2-10,14,19H,12-13H2,1H3,(H,22,23)(H,24,25). The van der Waals surface area contributed by atoms with E-state index in [1.807, 2.05) is 42.5 Å². The summed E-state index contributed by atoms with van der Waals surface area (Å²) in [5, 5.41) is 20.9. The minimum absolute atomic E-state index is 0.203. The second kappa shape index (κ2) is 9.64. The fraction of sp³-hybridized carbons (Fsp3) is 0.250. The Bertz CT molecular complexity index is 785. The number of nitrogens with one attached hydrogen (secondary N) is 1. The van der Waals surface area contributed by atoms with Gasteiger partial charge in [0.05, 0.1) is 29.3 Å². The van der Waals surface area contributed by atoms with E-state index in [9.17, 15) is 14.7 Å². The smallest absolute Gasteiger partial charge is 0.308 e. The second-order valence-electron chi connectivity index (χ2n) is 5.88. The number of hydrogen-bond donors (Lipinski definition) is 2. The number of hydrogen-bond acceptors (Lipinski definition) is 4. The number of thioether (sulfide) groups is 1. The topological polar surface area (TPSA) is 90.2 Å². The van der Waals surface area contributed by atoms with Gasteiger partial charge < -0.3 is 10.4 Å². The van der Waals surface area contributed by atoms with Crippen molar-refractivity contribution in [3.63, 3.8) is 0 Å². The van der Waals surface area contributed by atoms with Crippen LogP contribution in [0.5, 0.6) is 0 Å². The van der Waals surface area contributed by atoms with Gasteiger partial charge in [0.25, 0.3) is 0 Å². The normalized spacial score (nSPS) is 12.6. The fourth-order valence-corrected chi connectivity index (χ4v) is 3.25. The maximum absolute atomic E-state index is 12.3. The molecular formula is C20H20N2O3S. The Hall–Kier alpha value is -2.78. The molecule has 1 amide bonds. The van der Waals surface area contributed by atoms with Crippen LogP contribution in [0, 0.1) is 17.2 Å². The average Bonchev–Trinajstić information content (AvgIpc) is 2.66. The summed E-state index contributed by atoms with van der Waals surface area (Å²) in [4.78, 5) is 23.6. The molecule has 2 aromatic rings. The largest absolute Gasteiger partial charge is 0.481 e. The van der Waals surface area contributed by atoms with Crippen molar-refractivity contribution in [3.05, 3.63) is 71.3 Å². The number of benzene rings is 2. The number of carbonyl (C=O) groups is 2. The van der Waals surface area contributed by atoms with Gasteiger partial charge in [0.15, 0.2) is 0 Å². The zero-order valence-electron chi connectivity index (χ0n) is 14.4. The number of rotatable bonds is 8. The highest BCUT2D eigenvalue weighted by Crippen LogP contribution is 2.22. The van der Waals surface area contributed by atoms with E-state index in [1.165, 1.54) is 11.8 Å². The van der Waals surface area contributed by atoms with Gasteiger partial charge in [0, 0.05) is 5.75 Å². The summed E-state index contributed by atoms with van der Waals surface area (Å²) in [6.07, 6.45) is 0. The number of aliphatic carboxylic acids is 1. The molecule has 0 saturated carbocycles. The zero-order valence-corrected chi connectivity index (χ0v) is 15.2. The molecule has 0 bridgehead atoms. The highest BCUT2D eigenvalue weighted by molar-refractivity contribution is 7.99. The van der Waals surface area contributed by atoms with Crippen molar-refractivity contribution in [1.82, 2.24) is 5.32 Å². The van der Waals surface area contributed by atoms with Gasteiger partial charge in [-0.3, -0.25) is 9.59 Å². The van der Waals surface area contributed by atoms with Crippen molar-refractivity contribution in [2.45, 2.75) is 18.7 Å². The van der Waals surface area contributed by atoms with E-state index < -0.39 is 17.9 Å². The van der Waals surface area contributed by atoms with Crippen LogP contribution in [0.2, 0.25) is 0 Å². The first-order valence-corrected chi connectivity index (χ1v) is 9.30. The summed E-state index contributed by atoms with van der Waals surface area (Å²) < 4.78 is 0. The lowest BCUT2D eigenvalue weighted by Gasteiger charge is -2.23. The molecule has 2 N–H and O–H groups in total. The molecule has 5 nitrogen and oxygen atoms in total. The quantitative estimate of drug-likeness (QED) is 0.745. The Morgan fingerprint density at radius 1 is 1.15 bits per heavy atom. The maximum atomic E-state index is 12.3. The van der Waals surface area contributed by atoms with Crippen molar-refractivity contribution < 1.29 is 14.7 Å². The first kappa shape index (κ1) is 19.5. The molecule has 2 unspecified atom stereocenters.